The number of imidazole rings is 2. The van der Waals surface area contributed by atoms with Crippen LogP contribution < -0.4 is 5.56 Å². The van der Waals surface area contributed by atoms with Crippen molar-refractivity contribution in [1.29, 1.82) is 0 Å². The highest BCUT2D eigenvalue weighted by molar-refractivity contribution is 8.39. The molecule has 4 heterocycles. The fraction of sp³-hybridized carbons (Fsp3) is 0.269. The van der Waals surface area contributed by atoms with Gasteiger partial charge in [-0.3, -0.25) is 4.79 Å². The number of hydrogen-bond donors (Lipinski definition) is 5. The molecule has 0 aliphatic heterocycles. The number of nitrogens with one attached hydrogen (secondary N) is 1. The van der Waals surface area contributed by atoms with Gasteiger partial charge in [0.05, 0.1) is 25.5 Å². The number of fused-ring (bicyclic) bond motifs is 2. The predicted molar refractivity (Wildman–Crippen MR) is 170 cm³/mol. The molecule has 0 aliphatic rings. The molecule has 0 spiro atoms. The Balaban J connectivity index is 0.000000372. The van der Waals surface area contributed by atoms with Crippen LogP contribution in [0.25, 0.3) is 28.2 Å². The average molecular weight is 636 g/mol. The molecule has 11 nitrogen and oxygen atoms in total. The van der Waals surface area contributed by atoms with Gasteiger partial charge in [-0.15, -0.1) is 0 Å². The first kappa shape index (κ1) is 31.1. The van der Waals surface area contributed by atoms with E-state index in [1.54, 1.807) is 15.3 Å². The van der Waals surface area contributed by atoms with E-state index in [-0.39, 0.29) is 24.3 Å². The van der Waals surface area contributed by atoms with E-state index >= 15 is 0 Å². The van der Waals surface area contributed by atoms with Gasteiger partial charge in [0.1, 0.15) is 12.9 Å². The van der Waals surface area contributed by atoms with Crippen molar-refractivity contribution in [2.75, 3.05) is 13.2 Å². The highest BCUT2D eigenvalue weighted by atomic mass is 32.7. The molecule has 1 unspecified atom stereocenters. The third-order valence-electron chi connectivity index (χ3n) is 6.06. The van der Waals surface area contributed by atoms with Crippen LogP contribution in [0, 0.1) is 0 Å². The van der Waals surface area contributed by atoms with Crippen LogP contribution in [0.1, 0.15) is 25.3 Å². The minimum absolute atomic E-state index is 0.0770. The topological polar surface area (TPSA) is 147 Å². The first-order chi connectivity index (χ1) is 19.9. The summed E-state index contributed by atoms with van der Waals surface area (Å²) in [4.78, 5) is 26.8. The van der Waals surface area contributed by atoms with Crippen LogP contribution in [-0.2, 0) is 26.0 Å². The Morgan fingerprint density at radius 2 is 1.71 bits per heavy atom. The predicted octanol–water partition coefficient (Wildman–Crippen LogP) is 4.53. The number of hydrogen-bond acceptors (Lipinski definition) is 9. The molecule has 2 aromatic carbocycles. The second-order valence-electron chi connectivity index (χ2n) is 9.05. The van der Waals surface area contributed by atoms with Gasteiger partial charge in [-0.2, -0.15) is 14.0 Å². The summed E-state index contributed by atoms with van der Waals surface area (Å²) in [6, 6.07) is 18.1. The average Bonchev–Trinajstić information content (AvgIpc) is 3.37. The second-order valence-corrected chi connectivity index (χ2v) is 12.2. The Labute approximate surface area is 251 Å². The largest absolute Gasteiger partial charge is 0.395 e. The zero-order valence-electron chi connectivity index (χ0n) is 22.4. The number of aromatic amines is 1. The fourth-order valence-electron chi connectivity index (χ4n) is 3.99. The van der Waals surface area contributed by atoms with Gasteiger partial charge in [0.2, 0.25) is 12.9 Å². The summed E-state index contributed by atoms with van der Waals surface area (Å²) in [5.74, 6) is 0.902. The number of rotatable bonds is 8. The van der Waals surface area contributed by atoms with Crippen molar-refractivity contribution in [3.63, 3.8) is 0 Å². The third kappa shape index (κ3) is 7.33. The van der Waals surface area contributed by atoms with E-state index in [0.717, 1.165) is 16.2 Å². The molecule has 0 saturated heterocycles. The highest BCUT2D eigenvalue weighted by Gasteiger charge is 2.19. The summed E-state index contributed by atoms with van der Waals surface area (Å²) in [5, 5.41) is 18.5. The van der Waals surface area contributed by atoms with Crippen molar-refractivity contribution >= 4 is 61.0 Å². The molecule has 0 aliphatic carbocycles. The van der Waals surface area contributed by atoms with Crippen LogP contribution in [0.3, 0.4) is 0 Å². The Morgan fingerprint density at radius 1 is 1.05 bits per heavy atom. The van der Waals surface area contributed by atoms with Crippen molar-refractivity contribution in [2.45, 2.75) is 42.9 Å². The summed E-state index contributed by atoms with van der Waals surface area (Å²) in [6.07, 6.45) is 1.75. The van der Waals surface area contributed by atoms with Crippen molar-refractivity contribution < 1.29 is 19.1 Å². The van der Waals surface area contributed by atoms with Crippen LogP contribution >= 0.6 is 31.1 Å². The van der Waals surface area contributed by atoms with Crippen molar-refractivity contribution in [2.24, 2.45) is 0 Å². The van der Waals surface area contributed by atoms with E-state index in [2.05, 4.69) is 65.3 Å². The standard InChI is InChI=1S/C24H23N5O2S.C2H6NO2PS.H2OS/c1-15(2)16-8-10-18(11-9-16)32-24-26-20-21(28(24)12-13-30)27-23-25-19(14-29(23)22(20)31)17-6-4-3-5-7-17;4-2-1-3-5-6(3)7;1-2/h3-11,14-15,30H,12-13H2,1-2H3,(H,25,27);4,7H,1-2H2;1-2H/p+1. The quantitative estimate of drug-likeness (QED) is 0.121. The maximum absolute atomic E-state index is 13.2. The molecule has 0 fully saturated rings. The number of aliphatic hydroxyl groups excluding tert-OH is 2. The van der Waals surface area contributed by atoms with Crippen LogP contribution in [0.2, 0.25) is 0 Å². The highest BCUT2D eigenvalue weighted by Crippen LogP contribution is 2.39. The number of nitrogens with zero attached hydrogens (tertiary/aromatic N) is 5. The maximum Gasteiger partial charge on any atom is 0.287 e. The van der Waals surface area contributed by atoms with Gasteiger partial charge in [-0.1, -0.05) is 80.3 Å². The number of thiol groups is 1. The Kier molecular flexibility index (Phi) is 10.9. The van der Waals surface area contributed by atoms with Gasteiger partial charge in [-0.25, -0.2) is 9.38 Å². The molecule has 41 heavy (non-hydrogen) atoms. The van der Waals surface area contributed by atoms with Gasteiger partial charge in [-0.05, 0) is 29.2 Å². The zero-order valence-corrected chi connectivity index (χ0v) is 26.0. The third-order valence-corrected chi connectivity index (χ3v) is 8.75. The minimum Gasteiger partial charge on any atom is -0.395 e. The zero-order chi connectivity index (χ0) is 29.5. The summed E-state index contributed by atoms with van der Waals surface area (Å²) in [5.41, 5.74) is 3.55. The van der Waals surface area contributed by atoms with Crippen LogP contribution in [0.4, 0.5) is 0 Å². The molecule has 4 aromatic heterocycles. The number of H-pyrrole nitrogens is 1. The Hall–Kier alpha value is -2.84. The number of aromatic nitrogens is 6. The monoisotopic (exact) mass is 635 g/mol. The van der Waals surface area contributed by atoms with Gasteiger partial charge in [0.25, 0.3) is 5.56 Å². The van der Waals surface area contributed by atoms with Crippen LogP contribution in [0.5, 0.6) is 0 Å². The lowest BCUT2D eigenvalue weighted by molar-refractivity contribution is 0.256. The maximum atomic E-state index is 13.2. The van der Waals surface area contributed by atoms with Gasteiger partial charge in [0.15, 0.2) is 16.3 Å². The molecular weight excluding hydrogens is 603 g/mol. The molecule has 0 amide bonds. The number of aliphatic hydroxyl groups is 2. The van der Waals surface area contributed by atoms with E-state index in [0.29, 0.717) is 35.6 Å². The molecule has 0 bridgehead atoms. The minimum atomic E-state index is -0.572. The second kappa shape index (κ2) is 14.4. The van der Waals surface area contributed by atoms with E-state index in [9.17, 15) is 9.90 Å². The van der Waals surface area contributed by atoms with Gasteiger partial charge < -0.3 is 24.1 Å². The van der Waals surface area contributed by atoms with Crippen molar-refractivity contribution in [3.05, 3.63) is 76.7 Å². The van der Waals surface area contributed by atoms with Crippen LogP contribution in [-0.4, -0.2) is 56.4 Å². The van der Waals surface area contributed by atoms with E-state index in [4.69, 9.17) is 14.0 Å². The molecule has 6 rings (SSSR count). The molecule has 15 heteroatoms. The molecule has 0 saturated carbocycles. The molecule has 6 aromatic rings. The summed E-state index contributed by atoms with van der Waals surface area (Å²) in [6.45, 7) is 5.29. The first-order valence-corrected chi connectivity index (χ1v) is 16.3. The number of benzene rings is 2. The molecule has 0 radical (unpaired) electrons. The molecule has 1 atom stereocenters. The van der Waals surface area contributed by atoms with Crippen LogP contribution in [0.15, 0.2) is 79.9 Å². The van der Waals surface area contributed by atoms with Gasteiger partial charge >= 0.3 is 0 Å². The summed E-state index contributed by atoms with van der Waals surface area (Å²) >= 11 is 7.40. The lowest BCUT2D eigenvalue weighted by Gasteiger charge is -2.08. The lowest BCUT2D eigenvalue weighted by atomic mass is 10.0. The normalized spacial score (nSPS) is 11.6. The lowest BCUT2D eigenvalue weighted by Crippen LogP contribution is -2.14. The van der Waals surface area contributed by atoms with Gasteiger partial charge in [0, 0.05) is 17.6 Å². The van der Waals surface area contributed by atoms with E-state index < -0.39 is 7.13 Å². The summed E-state index contributed by atoms with van der Waals surface area (Å²) < 4.78 is 16.5. The SMILES string of the molecule is CC(C)c1ccc(Sc2nc3c(=O)n4cc(-c5ccccc5)[nH]c4nc3n2CCO)cc1.OCCn1op1S.O[SH2+]. The first-order valence-electron chi connectivity index (χ1n) is 12.6. The van der Waals surface area contributed by atoms with Crippen molar-refractivity contribution in [1.82, 2.24) is 28.4 Å². The smallest absolute Gasteiger partial charge is 0.287 e. The molecule has 218 valence electrons. The fourth-order valence-corrected chi connectivity index (χ4v) is 6.19. The molecule has 4 N–H and O–H groups in total. The van der Waals surface area contributed by atoms with E-state index in [1.165, 1.54) is 21.7 Å². The Morgan fingerprint density at radius 3 is 2.27 bits per heavy atom. The van der Waals surface area contributed by atoms with Crippen molar-refractivity contribution in [3.8, 4) is 11.3 Å². The Bertz CT molecular complexity index is 1730. The molecular formula is C26H32N6O5PS3+. The summed E-state index contributed by atoms with van der Waals surface area (Å²) in [7, 11) is -0.572. The van der Waals surface area contributed by atoms with E-state index in [1.807, 2.05) is 43.2 Å².